The molecule has 0 saturated carbocycles. The normalized spacial score (nSPS) is 19.1. The summed E-state index contributed by atoms with van der Waals surface area (Å²) in [5.41, 5.74) is 0. The van der Waals surface area contributed by atoms with Crippen LogP contribution in [0, 0.1) is 0 Å². The number of hydrogen-bond acceptors (Lipinski definition) is 4. The predicted molar refractivity (Wildman–Crippen MR) is 112 cm³/mol. The van der Waals surface area contributed by atoms with Crippen LogP contribution in [0.15, 0.2) is 48.5 Å². The van der Waals surface area contributed by atoms with Gasteiger partial charge in [0.1, 0.15) is 11.5 Å². The van der Waals surface area contributed by atoms with E-state index >= 15 is 0 Å². The first-order valence-corrected chi connectivity index (χ1v) is 10.2. The highest BCUT2D eigenvalue weighted by molar-refractivity contribution is 6.30. The van der Waals surface area contributed by atoms with E-state index in [0.29, 0.717) is 35.5 Å². The Labute approximate surface area is 179 Å². The van der Waals surface area contributed by atoms with Gasteiger partial charge in [-0.1, -0.05) is 23.2 Å². The fraction of sp³-hybridized carbons (Fsp3) is 0.381. The molecule has 1 unspecified atom stereocenters. The minimum absolute atomic E-state index is 0.153. The number of carbonyl (C=O) groups is 1. The molecule has 0 bridgehead atoms. The maximum Gasteiger partial charge on any atom is 0.260 e. The average Bonchev–Trinajstić information content (AvgIpc) is 3.06. The van der Waals surface area contributed by atoms with Crippen LogP contribution in [0.2, 0.25) is 10.0 Å². The zero-order valence-corrected chi connectivity index (χ0v) is 17.4. The van der Waals surface area contributed by atoms with E-state index in [2.05, 4.69) is 5.32 Å². The predicted octanol–water partition coefficient (Wildman–Crippen LogP) is 4.33. The van der Waals surface area contributed by atoms with Crippen LogP contribution in [0.25, 0.3) is 0 Å². The maximum absolute atomic E-state index is 14.9. The monoisotopic (exact) mass is 440 g/mol. The van der Waals surface area contributed by atoms with Gasteiger partial charge in [-0.05, 0) is 55.0 Å². The van der Waals surface area contributed by atoms with Gasteiger partial charge in [0.05, 0.1) is 13.2 Å². The quantitative estimate of drug-likeness (QED) is 0.465. The smallest absolute Gasteiger partial charge is 0.260 e. The van der Waals surface area contributed by atoms with Gasteiger partial charge in [0.25, 0.3) is 5.91 Å². The Balaban J connectivity index is 1.34. The Morgan fingerprint density at radius 3 is 2.24 bits per heavy atom. The van der Waals surface area contributed by atoms with Gasteiger partial charge in [-0.2, -0.15) is 0 Å². The van der Waals surface area contributed by atoms with E-state index in [-0.39, 0.29) is 19.6 Å². The molecule has 8 heteroatoms. The van der Waals surface area contributed by atoms with E-state index < -0.39 is 11.7 Å². The lowest BCUT2D eigenvalue weighted by Crippen LogP contribution is -2.48. The Bertz CT molecular complexity index is 805. The van der Waals surface area contributed by atoms with Gasteiger partial charge in [0.15, 0.2) is 12.4 Å². The standard InChI is InChI=1S/C21H23Cl2FN2O3/c22-16-2-6-18(7-3-16)28-13-1-11-26-12-10-21(24,15-26)25-20(27)14-29-19-8-4-17(23)5-9-19/h2-9H,1,10-15H2,(H,25,27). The van der Waals surface area contributed by atoms with E-state index in [1.54, 1.807) is 36.4 Å². The van der Waals surface area contributed by atoms with Gasteiger partial charge < -0.3 is 14.8 Å². The van der Waals surface area contributed by atoms with Crippen LogP contribution < -0.4 is 14.8 Å². The van der Waals surface area contributed by atoms with Crippen molar-refractivity contribution in [2.45, 2.75) is 18.6 Å². The van der Waals surface area contributed by atoms with Crippen LogP contribution >= 0.6 is 23.2 Å². The molecule has 2 aromatic carbocycles. The molecule has 5 nitrogen and oxygen atoms in total. The third kappa shape index (κ3) is 7.07. The van der Waals surface area contributed by atoms with Crippen molar-refractivity contribution >= 4 is 29.1 Å². The largest absolute Gasteiger partial charge is 0.494 e. The summed E-state index contributed by atoms with van der Waals surface area (Å²) in [6.45, 7) is 1.70. The average molecular weight is 441 g/mol. The van der Waals surface area contributed by atoms with Gasteiger partial charge in [-0.15, -0.1) is 0 Å². The van der Waals surface area contributed by atoms with Gasteiger partial charge in [0.2, 0.25) is 0 Å². The lowest BCUT2D eigenvalue weighted by atomic mass is 10.2. The van der Waals surface area contributed by atoms with E-state index in [9.17, 15) is 9.18 Å². The number of rotatable bonds is 9. The Kier molecular flexibility index (Phi) is 7.58. The molecule has 0 spiro atoms. The van der Waals surface area contributed by atoms with Crippen LogP contribution in [0.1, 0.15) is 12.8 Å². The number of hydrogen-bond donors (Lipinski definition) is 1. The fourth-order valence-corrected chi connectivity index (χ4v) is 3.37. The second-order valence-electron chi connectivity index (χ2n) is 6.94. The van der Waals surface area contributed by atoms with Gasteiger partial charge in [-0.3, -0.25) is 9.69 Å². The molecule has 1 aliphatic rings. The van der Waals surface area contributed by atoms with Crippen molar-refractivity contribution in [3.63, 3.8) is 0 Å². The molecule has 0 radical (unpaired) electrons. The number of nitrogens with zero attached hydrogens (tertiary/aromatic N) is 1. The highest BCUT2D eigenvalue weighted by atomic mass is 35.5. The zero-order chi connectivity index (χ0) is 20.7. The summed E-state index contributed by atoms with van der Waals surface area (Å²) in [7, 11) is 0. The summed E-state index contributed by atoms with van der Waals surface area (Å²) < 4.78 is 25.9. The van der Waals surface area contributed by atoms with Crippen LogP contribution in [-0.4, -0.2) is 49.4 Å². The van der Waals surface area contributed by atoms with Crippen LogP contribution in [0.5, 0.6) is 11.5 Å². The Hall–Kier alpha value is -2.02. The number of ether oxygens (including phenoxy) is 2. The molecule has 1 amide bonds. The molecule has 1 heterocycles. The molecule has 156 valence electrons. The van der Waals surface area contributed by atoms with Crippen LogP contribution in [0.3, 0.4) is 0 Å². The SMILES string of the molecule is O=C(COc1ccc(Cl)cc1)NC1(F)CCN(CCCOc2ccc(Cl)cc2)C1. The fourth-order valence-electron chi connectivity index (χ4n) is 3.12. The number of alkyl halides is 1. The first-order chi connectivity index (χ1) is 13.9. The van der Waals surface area contributed by atoms with E-state index in [4.69, 9.17) is 32.7 Å². The molecule has 1 fully saturated rings. The molecule has 0 aromatic heterocycles. The van der Waals surface area contributed by atoms with Crippen molar-refractivity contribution in [3.8, 4) is 11.5 Å². The van der Waals surface area contributed by atoms with Crippen molar-refractivity contribution in [2.24, 2.45) is 0 Å². The first kappa shape index (κ1) is 21.7. The zero-order valence-electron chi connectivity index (χ0n) is 15.9. The molecule has 1 saturated heterocycles. The highest BCUT2D eigenvalue weighted by Crippen LogP contribution is 2.23. The molecular weight excluding hydrogens is 418 g/mol. The summed E-state index contributed by atoms with van der Waals surface area (Å²) in [5.74, 6) is -0.970. The molecule has 1 atom stereocenters. The second kappa shape index (κ2) is 10.1. The summed E-state index contributed by atoms with van der Waals surface area (Å²) in [4.78, 5) is 14.0. The number of carbonyl (C=O) groups excluding carboxylic acids is 1. The molecular formula is C21H23Cl2FN2O3. The number of benzene rings is 2. The highest BCUT2D eigenvalue weighted by Gasteiger charge is 2.39. The van der Waals surface area contributed by atoms with Crippen molar-refractivity contribution in [1.29, 1.82) is 0 Å². The van der Waals surface area contributed by atoms with Crippen LogP contribution in [0.4, 0.5) is 4.39 Å². The topological polar surface area (TPSA) is 50.8 Å². The maximum atomic E-state index is 14.9. The molecule has 0 aliphatic carbocycles. The summed E-state index contributed by atoms with van der Waals surface area (Å²) in [6, 6.07) is 13.8. The molecule has 1 N–H and O–H groups in total. The van der Waals surface area contributed by atoms with E-state index in [0.717, 1.165) is 12.2 Å². The molecule has 2 aromatic rings. The van der Waals surface area contributed by atoms with Crippen molar-refractivity contribution in [1.82, 2.24) is 10.2 Å². The Morgan fingerprint density at radius 2 is 1.62 bits per heavy atom. The van der Waals surface area contributed by atoms with Crippen molar-refractivity contribution in [2.75, 3.05) is 32.8 Å². The van der Waals surface area contributed by atoms with E-state index in [1.807, 2.05) is 17.0 Å². The number of halogens is 3. The molecule has 3 rings (SSSR count). The lowest BCUT2D eigenvalue weighted by molar-refractivity contribution is -0.127. The first-order valence-electron chi connectivity index (χ1n) is 9.41. The third-order valence-electron chi connectivity index (χ3n) is 4.55. The number of amides is 1. The summed E-state index contributed by atoms with van der Waals surface area (Å²) >= 11 is 11.6. The van der Waals surface area contributed by atoms with Gasteiger partial charge in [0, 0.05) is 29.6 Å². The number of likely N-dealkylation sites (tertiary alicyclic amines) is 1. The van der Waals surface area contributed by atoms with Gasteiger partial charge >= 0.3 is 0 Å². The Morgan fingerprint density at radius 1 is 1.03 bits per heavy atom. The minimum atomic E-state index is -1.74. The summed E-state index contributed by atoms with van der Waals surface area (Å²) in [6.07, 6.45) is 1.00. The lowest BCUT2D eigenvalue weighted by Gasteiger charge is -2.22. The van der Waals surface area contributed by atoms with E-state index in [1.165, 1.54) is 0 Å². The number of nitrogens with one attached hydrogen (secondary N) is 1. The van der Waals surface area contributed by atoms with Crippen molar-refractivity contribution < 1.29 is 18.7 Å². The third-order valence-corrected chi connectivity index (χ3v) is 5.05. The minimum Gasteiger partial charge on any atom is -0.494 e. The van der Waals surface area contributed by atoms with Gasteiger partial charge in [-0.25, -0.2) is 4.39 Å². The molecule has 1 aliphatic heterocycles. The summed E-state index contributed by atoms with van der Waals surface area (Å²) in [5, 5.41) is 3.69. The second-order valence-corrected chi connectivity index (χ2v) is 7.81. The van der Waals surface area contributed by atoms with Crippen molar-refractivity contribution in [3.05, 3.63) is 58.6 Å². The van der Waals surface area contributed by atoms with Crippen LogP contribution in [-0.2, 0) is 4.79 Å². The molecule has 29 heavy (non-hydrogen) atoms.